The third kappa shape index (κ3) is 2.30. The van der Waals surface area contributed by atoms with Crippen molar-refractivity contribution in [1.82, 2.24) is 0 Å². The molecule has 0 atom stereocenters. The molecule has 0 amide bonds. The largest absolute Gasteiger partial charge is 0.488 e. The van der Waals surface area contributed by atoms with Gasteiger partial charge in [-0.15, -0.1) is 0 Å². The van der Waals surface area contributed by atoms with Crippen LogP contribution in [-0.4, -0.2) is 39.4 Å². The minimum Gasteiger partial charge on any atom is -0.413 e. The third-order valence-corrected chi connectivity index (χ3v) is 3.72. The Bertz CT molecular complexity index is 251. The van der Waals surface area contributed by atoms with Gasteiger partial charge in [0.25, 0.3) is 0 Å². The zero-order chi connectivity index (χ0) is 11.8. The molecule has 6 heteroatoms. The molecule has 0 aromatic rings. The second kappa shape index (κ2) is 4.33. The van der Waals surface area contributed by atoms with E-state index in [2.05, 4.69) is 27.7 Å². The fourth-order valence-corrected chi connectivity index (χ4v) is 1.75. The molecule has 2 rings (SSSR count). The minimum atomic E-state index is -0.400. The predicted octanol–water partition coefficient (Wildman–Crippen LogP) is 1.33. The molecule has 0 bridgehead atoms. The Morgan fingerprint density at radius 1 is 0.875 bits per heavy atom. The van der Waals surface area contributed by atoms with Gasteiger partial charge in [-0.2, -0.15) is 0 Å². The van der Waals surface area contributed by atoms with E-state index in [9.17, 15) is 0 Å². The topological polar surface area (TPSA) is 36.9 Å². The summed E-state index contributed by atoms with van der Waals surface area (Å²) >= 11 is 0. The molecular weight excluding hydrogens is 206 g/mol. The molecule has 2 fully saturated rings. The summed E-state index contributed by atoms with van der Waals surface area (Å²) in [5, 5.41) is 0. The summed E-state index contributed by atoms with van der Waals surface area (Å²) < 4.78 is 22.7. The van der Waals surface area contributed by atoms with Crippen molar-refractivity contribution in [2.75, 3.05) is 19.8 Å². The maximum Gasteiger partial charge on any atom is 0.488 e. The van der Waals surface area contributed by atoms with Crippen LogP contribution < -0.4 is 0 Å². The first kappa shape index (κ1) is 12.4. The Kier molecular flexibility index (Phi) is 3.36. The van der Waals surface area contributed by atoms with E-state index in [0.29, 0.717) is 6.61 Å². The van der Waals surface area contributed by atoms with Crippen molar-refractivity contribution in [2.45, 2.75) is 39.7 Å². The van der Waals surface area contributed by atoms with Crippen LogP contribution in [0.2, 0.25) is 0 Å². The Labute approximate surface area is 98.2 Å². The van der Waals surface area contributed by atoms with Gasteiger partial charge < -0.3 is 18.6 Å². The van der Waals surface area contributed by atoms with Crippen LogP contribution in [0.3, 0.4) is 0 Å². The van der Waals surface area contributed by atoms with Gasteiger partial charge in [-0.3, -0.25) is 0 Å². The smallest absolute Gasteiger partial charge is 0.413 e. The van der Waals surface area contributed by atoms with Crippen molar-refractivity contribution in [2.24, 2.45) is 5.41 Å². The Balaban J connectivity index is 1.99. The number of rotatable bonds is 1. The second-order valence-electron chi connectivity index (χ2n) is 5.65. The molecule has 2 aliphatic heterocycles. The van der Waals surface area contributed by atoms with Crippen molar-refractivity contribution in [3.8, 4) is 0 Å². The SMILES string of the molecule is CC1(C)COB(B2OCCCO2)OC1(C)C. The van der Waals surface area contributed by atoms with E-state index < -0.39 is 7.01 Å². The lowest BCUT2D eigenvalue weighted by Crippen LogP contribution is -2.61. The van der Waals surface area contributed by atoms with Gasteiger partial charge in [0.15, 0.2) is 0 Å². The Hall–Kier alpha value is -0.0301. The summed E-state index contributed by atoms with van der Waals surface area (Å²) in [6.07, 6.45) is 0.943. The number of hydrogen-bond acceptors (Lipinski definition) is 4. The fraction of sp³-hybridized carbons (Fsp3) is 1.00. The zero-order valence-corrected chi connectivity index (χ0v) is 10.6. The molecule has 0 saturated carbocycles. The van der Waals surface area contributed by atoms with Gasteiger partial charge in [0.05, 0.1) is 5.60 Å². The first-order chi connectivity index (χ1) is 7.42. The Morgan fingerprint density at radius 2 is 1.50 bits per heavy atom. The van der Waals surface area contributed by atoms with E-state index in [1.807, 2.05) is 0 Å². The highest BCUT2D eigenvalue weighted by Gasteiger charge is 2.52. The standard InChI is InChI=1S/C10H20B2O4/c1-9(2)8-15-12(16-10(9,3)4)11-13-6-5-7-14-11/h5-8H2,1-4H3. The van der Waals surface area contributed by atoms with Gasteiger partial charge >= 0.3 is 14.0 Å². The van der Waals surface area contributed by atoms with Crippen molar-refractivity contribution >= 4 is 14.0 Å². The van der Waals surface area contributed by atoms with E-state index in [0.717, 1.165) is 19.6 Å². The lowest BCUT2D eigenvalue weighted by Gasteiger charge is -2.48. The maximum atomic E-state index is 5.96. The van der Waals surface area contributed by atoms with Crippen molar-refractivity contribution in [1.29, 1.82) is 0 Å². The highest BCUT2D eigenvalue weighted by Crippen LogP contribution is 2.38. The van der Waals surface area contributed by atoms with Crippen LogP contribution in [0.4, 0.5) is 0 Å². The predicted molar refractivity (Wildman–Crippen MR) is 62.9 cm³/mol. The van der Waals surface area contributed by atoms with Gasteiger partial charge in [-0.05, 0) is 20.3 Å². The lowest BCUT2D eigenvalue weighted by molar-refractivity contribution is -0.0954. The van der Waals surface area contributed by atoms with Crippen LogP contribution in [0.25, 0.3) is 0 Å². The van der Waals surface area contributed by atoms with Gasteiger partial charge in [0, 0.05) is 25.2 Å². The minimum absolute atomic E-state index is 0.00182. The van der Waals surface area contributed by atoms with Crippen LogP contribution >= 0.6 is 0 Å². The van der Waals surface area contributed by atoms with E-state index in [1.165, 1.54) is 0 Å². The Morgan fingerprint density at radius 3 is 2.06 bits per heavy atom. The quantitative estimate of drug-likeness (QED) is 0.632. The van der Waals surface area contributed by atoms with Gasteiger partial charge in [-0.1, -0.05) is 13.8 Å². The average molecular weight is 226 g/mol. The molecule has 0 spiro atoms. The molecular formula is C10H20B2O4. The van der Waals surface area contributed by atoms with Crippen LogP contribution in [0.15, 0.2) is 0 Å². The molecule has 90 valence electrons. The van der Waals surface area contributed by atoms with Crippen molar-refractivity contribution < 1.29 is 18.6 Å². The molecule has 0 aromatic carbocycles. The molecule has 0 N–H and O–H groups in total. The molecule has 2 aliphatic rings. The lowest BCUT2D eigenvalue weighted by atomic mass is 9.46. The summed E-state index contributed by atoms with van der Waals surface area (Å²) in [5.74, 6) is 0. The third-order valence-electron chi connectivity index (χ3n) is 3.72. The summed E-state index contributed by atoms with van der Waals surface area (Å²) in [7, 11) is -0.771. The summed E-state index contributed by atoms with van der Waals surface area (Å²) in [6.45, 7) is 10.6. The van der Waals surface area contributed by atoms with E-state index >= 15 is 0 Å². The summed E-state index contributed by atoms with van der Waals surface area (Å²) in [6, 6.07) is 0. The molecule has 16 heavy (non-hydrogen) atoms. The van der Waals surface area contributed by atoms with Gasteiger partial charge in [0.1, 0.15) is 0 Å². The van der Waals surface area contributed by atoms with Crippen LogP contribution in [0.1, 0.15) is 34.1 Å². The highest BCUT2D eigenvalue weighted by atomic mass is 16.7. The molecule has 0 unspecified atom stereocenters. The van der Waals surface area contributed by atoms with Crippen molar-refractivity contribution in [3.05, 3.63) is 0 Å². The average Bonchev–Trinajstić information content (AvgIpc) is 2.23. The normalized spacial score (nSPS) is 29.2. The van der Waals surface area contributed by atoms with Gasteiger partial charge in [-0.25, -0.2) is 0 Å². The molecule has 0 aromatic heterocycles. The molecule has 2 heterocycles. The molecule has 2 saturated heterocycles. The van der Waals surface area contributed by atoms with Gasteiger partial charge in [0.2, 0.25) is 0 Å². The summed E-state index contributed by atoms with van der Waals surface area (Å²) in [4.78, 5) is 0. The fourth-order valence-electron chi connectivity index (χ4n) is 1.75. The van der Waals surface area contributed by atoms with Crippen LogP contribution in [0, 0.1) is 5.41 Å². The van der Waals surface area contributed by atoms with Crippen LogP contribution in [-0.2, 0) is 18.6 Å². The second-order valence-corrected chi connectivity index (χ2v) is 5.65. The molecule has 0 radical (unpaired) electrons. The monoisotopic (exact) mass is 226 g/mol. The first-order valence-electron chi connectivity index (χ1n) is 5.95. The highest BCUT2D eigenvalue weighted by molar-refractivity contribution is 7.10. The van der Waals surface area contributed by atoms with Crippen molar-refractivity contribution in [3.63, 3.8) is 0 Å². The molecule has 4 nitrogen and oxygen atoms in total. The maximum absolute atomic E-state index is 5.96. The van der Waals surface area contributed by atoms with E-state index in [4.69, 9.17) is 18.6 Å². The van der Waals surface area contributed by atoms with E-state index in [-0.39, 0.29) is 18.0 Å². The zero-order valence-electron chi connectivity index (χ0n) is 10.6. The van der Waals surface area contributed by atoms with E-state index in [1.54, 1.807) is 0 Å². The first-order valence-corrected chi connectivity index (χ1v) is 5.95. The molecule has 0 aliphatic carbocycles. The summed E-state index contributed by atoms with van der Waals surface area (Å²) in [5.41, 5.74) is -0.238. The number of hydrogen-bond donors (Lipinski definition) is 0. The van der Waals surface area contributed by atoms with Crippen LogP contribution in [0.5, 0.6) is 0 Å².